The number of nitrogens with zero attached hydrogens (tertiary/aromatic N) is 2. The normalized spacial score (nSPS) is 11.7. The zero-order valence-electron chi connectivity index (χ0n) is 26.5. The summed E-state index contributed by atoms with van der Waals surface area (Å²) in [6, 6.07) is 59.7. The number of aromatic nitrogens is 2. The van der Waals surface area contributed by atoms with Gasteiger partial charge in [-0.25, -0.2) is 9.97 Å². The van der Waals surface area contributed by atoms with Gasteiger partial charge in [0.15, 0.2) is 5.82 Å². The molecule has 0 unspecified atom stereocenters. The quantitative estimate of drug-likeness (QED) is 0.196. The van der Waals surface area contributed by atoms with Crippen molar-refractivity contribution >= 4 is 54.4 Å². The molecule has 0 fully saturated rings. The van der Waals surface area contributed by atoms with E-state index in [1.807, 2.05) is 18.2 Å². The van der Waals surface area contributed by atoms with Gasteiger partial charge >= 0.3 is 0 Å². The molecule has 49 heavy (non-hydrogen) atoms. The minimum Gasteiger partial charge on any atom is -0.455 e. The second-order valence-electron chi connectivity index (χ2n) is 12.6. The molecule has 10 rings (SSSR count). The fourth-order valence-corrected chi connectivity index (χ4v) is 7.20. The smallest absolute Gasteiger partial charge is 0.161 e. The van der Waals surface area contributed by atoms with Crippen molar-refractivity contribution in [3.05, 3.63) is 170 Å². The van der Waals surface area contributed by atoms with Crippen molar-refractivity contribution < 1.29 is 4.42 Å². The van der Waals surface area contributed by atoms with Gasteiger partial charge in [0.05, 0.1) is 11.2 Å². The Morgan fingerprint density at radius 3 is 1.82 bits per heavy atom. The molecular formula is C46H28N2O. The van der Waals surface area contributed by atoms with Crippen molar-refractivity contribution in [2.45, 2.75) is 0 Å². The van der Waals surface area contributed by atoms with Crippen LogP contribution in [0, 0.1) is 0 Å². The molecule has 0 radical (unpaired) electrons. The third-order valence-electron chi connectivity index (χ3n) is 9.67. The van der Waals surface area contributed by atoms with E-state index in [1.165, 1.54) is 21.9 Å². The number of furan rings is 1. The van der Waals surface area contributed by atoms with Crippen molar-refractivity contribution in [1.82, 2.24) is 9.97 Å². The summed E-state index contributed by atoms with van der Waals surface area (Å²) in [6.07, 6.45) is 0. The predicted molar refractivity (Wildman–Crippen MR) is 204 cm³/mol. The molecule has 3 nitrogen and oxygen atoms in total. The molecule has 10 aromatic rings. The van der Waals surface area contributed by atoms with Crippen molar-refractivity contribution in [2.75, 3.05) is 0 Å². The maximum atomic E-state index is 6.68. The van der Waals surface area contributed by atoms with Gasteiger partial charge < -0.3 is 4.42 Å². The lowest BCUT2D eigenvalue weighted by molar-refractivity contribution is 0.673. The van der Waals surface area contributed by atoms with Crippen LogP contribution in [0.1, 0.15) is 0 Å². The minimum absolute atomic E-state index is 0.702. The van der Waals surface area contributed by atoms with E-state index in [1.54, 1.807) is 0 Å². The molecule has 0 saturated heterocycles. The molecule has 2 heterocycles. The van der Waals surface area contributed by atoms with Gasteiger partial charge in [-0.2, -0.15) is 0 Å². The van der Waals surface area contributed by atoms with Crippen LogP contribution < -0.4 is 0 Å². The predicted octanol–water partition coefficient (Wildman–Crippen LogP) is 12.5. The zero-order valence-corrected chi connectivity index (χ0v) is 26.5. The van der Waals surface area contributed by atoms with Gasteiger partial charge in [-0.3, -0.25) is 0 Å². The second kappa shape index (κ2) is 11.0. The van der Waals surface area contributed by atoms with E-state index >= 15 is 0 Å². The van der Waals surface area contributed by atoms with Crippen LogP contribution in [0.3, 0.4) is 0 Å². The minimum atomic E-state index is 0.702. The molecule has 0 atom stereocenters. The SMILES string of the molecule is c1ccc(-c2nc(-c3cc4c5ccc(-c6ccc(-c7ccc8ccccc8c7)cc6)cc5oc4c4ccccc34)nc3ccccc23)cc1. The number of benzene rings is 8. The highest BCUT2D eigenvalue weighted by Gasteiger charge is 2.18. The van der Waals surface area contributed by atoms with Crippen LogP contribution in [-0.4, -0.2) is 9.97 Å². The van der Waals surface area contributed by atoms with E-state index < -0.39 is 0 Å². The van der Waals surface area contributed by atoms with Gasteiger partial charge in [-0.05, 0) is 68.7 Å². The first-order valence-electron chi connectivity index (χ1n) is 16.6. The number of rotatable bonds is 4. The Bertz CT molecular complexity index is 2870. The largest absolute Gasteiger partial charge is 0.455 e. The van der Waals surface area contributed by atoms with Crippen molar-refractivity contribution in [3.63, 3.8) is 0 Å². The summed E-state index contributed by atoms with van der Waals surface area (Å²) >= 11 is 0. The average molecular weight is 625 g/mol. The van der Waals surface area contributed by atoms with Crippen LogP contribution in [0.25, 0.3) is 99.3 Å². The van der Waals surface area contributed by atoms with Gasteiger partial charge in [0.25, 0.3) is 0 Å². The summed E-state index contributed by atoms with van der Waals surface area (Å²) in [7, 11) is 0. The monoisotopic (exact) mass is 624 g/mol. The molecule has 0 aliphatic heterocycles. The summed E-state index contributed by atoms with van der Waals surface area (Å²) in [5.41, 5.74) is 10.3. The molecule has 2 aromatic heterocycles. The topological polar surface area (TPSA) is 38.9 Å². The van der Waals surface area contributed by atoms with E-state index in [-0.39, 0.29) is 0 Å². The van der Waals surface area contributed by atoms with Gasteiger partial charge in [0.1, 0.15) is 11.2 Å². The van der Waals surface area contributed by atoms with E-state index in [4.69, 9.17) is 14.4 Å². The van der Waals surface area contributed by atoms with Crippen LogP contribution in [-0.2, 0) is 0 Å². The Labute approximate surface area is 282 Å². The first-order chi connectivity index (χ1) is 24.3. The van der Waals surface area contributed by atoms with Crippen LogP contribution in [0.5, 0.6) is 0 Å². The Hall–Kier alpha value is -6.58. The average Bonchev–Trinajstić information content (AvgIpc) is 3.55. The van der Waals surface area contributed by atoms with Gasteiger partial charge in [-0.1, -0.05) is 140 Å². The Kier molecular flexibility index (Phi) is 6.18. The summed E-state index contributed by atoms with van der Waals surface area (Å²) < 4.78 is 6.68. The van der Waals surface area contributed by atoms with Crippen molar-refractivity contribution in [3.8, 4) is 44.9 Å². The first-order valence-corrected chi connectivity index (χ1v) is 16.6. The molecule has 0 aliphatic carbocycles. The van der Waals surface area contributed by atoms with E-state index in [0.717, 1.165) is 71.6 Å². The highest BCUT2D eigenvalue weighted by Crippen LogP contribution is 2.41. The van der Waals surface area contributed by atoms with Crippen molar-refractivity contribution in [2.24, 2.45) is 0 Å². The van der Waals surface area contributed by atoms with Gasteiger partial charge in [0, 0.05) is 32.7 Å². The molecule has 0 amide bonds. The Morgan fingerprint density at radius 2 is 1.00 bits per heavy atom. The number of hydrogen-bond donors (Lipinski definition) is 0. The molecule has 0 N–H and O–H groups in total. The van der Waals surface area contributed by atoms with Crippen molar-refractivity contribution in [1.29, 1.82) is 0 Å². The standard InChI is InChI=1S/C46H28N2O/c1-2-11-32(12-3-1)44-39-16-8-9-17-42(39)47-46(48-44)41-28-40-37-25-24-35(27-43(37)49-45(40)38-15-7-6-14-36(38)41)31-20-18-30(19-21-31)34-23-22-29-10-4-5-13-33(29)26-34/h1-28H. The zero-order chi connectivity index (χ0) is 32.3. The summed E-state index contributed by atoms with van der Waals surface area (Å²) in [6.45, 7) is 0. The molecule has 0 bridgehead atoms. The van der Waals surface area contributed by atoms with Crippen LogP contribution in [0.2, 0.25) is 0 Å². The third kappa shape index (κ3) is 4.59. The van der Waals surface area contributed by atoms with Gasteiger partial charge in [0.2, 0.25) is 0 Å². The van der Waals surface area contributed by atoms with E-state index in [0.29, 0.717) is 5.82 Å². The molecule has 0 aliphatic rings. The first kappa shape index (κ1) is 27.5. The second-order valence-corrected chi connectivity index (χ2v) is 12.6. The lowest BCUT2D eigenvalue weighted by Gasteiger charge is -2.11. The highest BCUT2D eigenvalue weighted by molar-refractivity contribution is 6.19. The maximum Gasteiger partial charge on any atom is 0.161 e. The van der Waals surface area contributed by atoms with Crippen LogP contribution in [0.4, 0.5) is 0 Å². The maximum absolute atomic E-state index is 6.68. The summed E-state index contributed by atoms with van der Waals surface area (Å²) in [5, 5.41) is 7.78. The molecule has 0 spiro atoms. The number of hydrogen-bond acceptors (Lipinski definition) is 3. The molecule has 228 valence electrons. The van der Waals surface area contributed by atoms with E-state index in [2.05, 4.69) is 152 Å². The van der Waals surface area contributed by atoms with Crippen LogP contribution in [0.15, 0.2) is 174 Å². The molecule has 0 saturated carbocycles. The fourth-order valence-electron chi connectivity index (χ4n) is 7.20. The molecule has 8 aromatic carbocycles. The summed E-state index contributed by atoms with van der Waals surface area (Å²) in [5.74, 6) is 0.702. The lowest BCUT2D eigenvalue weighted by atomic mass is 9.97. The number of para-hydroxylation sites is 1. The molecule has 3 heteroatoms. The molecular weight excluding hydrogens is 597 g/mol. The fraction of sp³-hybridized carbons (Fsp3) is 0. The van der Waals surface area contributed by atoms with Gasteiger partial charge in [-0.15, -0.1) is 0 Å². The number of fused-ring (bicyclic) bond motifs is 7. The summed E-state index contributed by atoms with van der Waals surface area (Å²) in [4.78, 5) is 10.3. The van der Waals surface area contributed by atoms with Crippen LogP contribution >= 0.6 is 0 Å². The Balaban J connectivity index is 1.10. The third-order valence-corrected chi connectivity index (χ3v) is 9.67. The van der Waals surface area contributed by atoms with E-state index in [9.17, 15) is 0 Å². The lowest BCUT2D eigenvalue weighted by Crippen LogP contribution is -1.96. The highest BCUT2D eigenvalue weighted by atomic mass is 16.3. The Morgan fingerprint density at radius 1 is 0.367 bits per heavy atom.